The lowest BCUT2D eigenvalue weighted by atomic mass is 10.0. The third-order valence-electron chi connectivity index (χ3n) is 2.75. The van der Waals surface area contributed by atoms with Crippen molar-refractivity contribution in [3.63, 3.8) is 0 Å². The third-order valence-corrected chi connectivity index (χ3v) is 2.75. The van der Waals surface area contributed by atoms with Crippen molar-refractivity contribution < 1.29 is 13.2 Å². The van der Waals surface area contributed by atoms with Gasteiger partial charge in [0.1, 0.15) is 5.69 Å². The minimum Gasteiger partial charge on any atom is -0.251 e. The van der Waals surface area contributed by atoms with Gasteiger partial charge in [0.2, 0.25) is 0 Å². The van der Waals surface area contributed by atoms with Crippen LogP contribution >= 0.6 is 0 Å². The van der Waals surface area contributed by atoms with Crippen LogP contribution in [0, 0.1) is 0 Å². The molecule has 0 amide bonds. The van der Waals surface area contributed by atoms with E-state index in [2.05, 4.69) is 11.9 Å². The summed E-state index contributed by atoms with van der Waals surface area (Å²) in [6.07, 6.45) is -2.19. The lowest BCUT2D eigenvalue weighted by Crippen LogP contribution is -2.07. The van der Waals surface area contributed by atoms with Crippen LogP contribution in [0.25, 0.3) is 11.1 Å². The lowest BCUT2D eigenvalue weighted by molar-refractivity contribution is -0.141. The van der Waals surface area contributed by atoms with Crippen LogP contribution in [0.1, 0.15) is 18.2 Å². The highest BCUT2D eigenvalue weighted by Crippen LogP contribution is 2.28. The molecule has 0 aliphatic carbocycles. The normalized spacial score (nSPS) is 11.6. The maximum atomic E-state index is 12.4. The number of halogens is 3. The summed E-state index contributed by atoms with van der Waals surface area (Å²) < 4.78 is 37.1. The number of rotatable bonds is 2. The first-order chi connectivity index (χ1) is 8.50. The summed E-state index contributed by atoms with van der Waals surface area (Å²) in [5.74, 6) is 0. The second kappa shape index (κ2) is 4.80. The van der Waals surface area contributed by atoms with E-state index in [-0.39, 0.29) is 0 Å². The molecule has 2 rings (SSSR count). The first-order valence-corrected chi connectivity index (χ1v) is 5.63. The molecule has 18 heavy (non-hydrogen) atoms. The summed E-state index contributed by atoms with van der Waals surface area (Å²) in [5.41, 5.74) is 1.88. The van der Waals surface area contributed by atoms with Crippen LogP contribution in [-0.4, -0.2) is 4.98 Å². The maximum absolute atomic E-state index is 12.4. The summed E-state index contributed by atoms with van der Waals surface area (Å²) in [6, 6.07) is 10.2. The molecule has 1 aromatic carbocycles. The van der Waals surface area contributed by atoms with Crippen molar-refractivity contribution in [2.24, 2.45) is 0 Å². The maximum Gasteiger partial charge on any atom is 0.433 e. The molecule has 0 aliphatic heterocycles. The van der Waals surface area contributed by atoms with Gasteiger partial charge >= 0.3 is 6.18 Å². The van der Waals surface area contributed by atoms with Crippen molar-refractivity contribution in [1.82, 2.24) is 4.98 Å². The van der Waals surface area contributed by atoms with E-state index in [0.29, 0.717) is 5.56 Å². The molecular formula is C14H12F3N. The van der Waals surface area contributed by atoms with Gasteiger partial charge in [0, 0.05) is 11.8 Å². The predicted molar refractivity (Wildman–Crippen MR) is 64.1 cm³/mol. The van der Waals surface area contributed by atoms with Crippen LogP contribution in [0.5, 0.6) is 0 Å². The van der Waals surface area contributed by atoms with Crippen LogP contribution in [-0.2, 0) is 12.6 Å². The Balaban J connectivity index is 2.28. The Morgan fingerprint density at radius 1 is 0.944 bits per heavy atom. The number of aryl methyl sites for hydroxylation is 1. The van der Waals surface area contributed by atoms with Crippen LogP contribution in [0.4, 0.5) is 13.2 Å². The fourth-order valence-electron chi connectivity index (χ4n) is 1.67. The zero-order chi connectivity index (χ0) is 13.2. The highest BCUT2D eigenvalue weighted by atomic mass is 19.4. The first-order valence-electron chi connectivity index (χ1n) is 5.63. The molecule has 0 atom stereocenters. The van der Waals surface area contributed by atoms with Gasteiger partial charge in [0.05, 0.1) is 0 Å². The van der Waals surface area contributed by atoms with Crippen LogP contribution in [0.3, 0.4) is 0 Å². The number of alkyl halides is 3. The van der Waals surface area contributed by atoms with Crippen LogP contribution < -0.4 is 0 Å². The molecule has 0 aliphatic rings. The highest BCUT2D eigenvalue weighted by Gasteiger charge is 2.31. The van der Waals surface area contributed by atoms with Gasteiger partial charge < -0.3 is 0 Å². The van der Waals surface area contributed by atoms with E-state index in [1.807, 2.05) is 24.3 Å². The molecule has 0 fully saturated rings. The van der Waals surface area contributed by atoms with E-state index in [1.54, 1.807) is 0 Å². The minimum atomic E-state index is -4.38. The fourth-order valence-corrected chi connectivity index (χ4v) is 1.67. The summed E-state index contributed by atoms with van der Waals surface area (Å²) in [6.45, 7) is 2.05. The van der Waals surface area contributed by atoms with E-state index in [4.69, 9.17) is 0 Å². The quantitative estimate of drug-likeness (QED) is 0.774. The summed E-state index contributed by atoms with van der Waals surface area (Å²) in [4.78, 5) is 3.44. The standard InChI is InChI=1S/C14H12F3N/c1-2-10-3-5-11(6-4-10)12-7-8-13(18-9-12)14(15,16)17/h3-9H,2H2,1H3. The zero-order valence-corrected chi connectivity index (χ0v) is 9.83. The van der Waals surface area contributed by atoms with Gasteiger partial charge in [-0.2, -0.15) is 13.2 Å². The van der Waals surface area contributed by atoms with Crippen molar-refractivity contribution >= 4 is 0 Å². The topological polar surface area (TPSA) is 12.9 Å². The monoisotopic (exact) mass is 251 g/mol. The molecule has 1 aromatic heterocycles. The Morgan fingerprint density at radius 3 is 2.00 bits per heavy atom. The van der Waals surface area contributed by atoms with Gasteiger partial charge in [0.15, 0.2) is 0 Å². The Hall–Kier alpha value is -1.84. The Bertz CT molecular complexity index is 512. The summed E-state index contributed by atoms with van der Waals surface area (Å²) in [7, 11) is 0. The Kier molecular flexibility index (Phi) is 3.36. The van der Waals surface area contributed by atoms with Crippen molar-refractivity contribution in [2.75, 3.05) is 0 Å². The molecule has 0 saturated carbocycles. The molecule has 0 saturated heterocycles. The average molecular weight is 251 g/mol. The number of nitrogens with zero attached hydrogens (tertiary/aromatic N) is 1. The largest absolute Gasteiger partial charge is 0.433 e. The smallest absolute Gasteiger partial charge is 0.251 e. The molecule has 4 heteroatoms. The second-order valence-electron chi connectivity index (χ2n) is 3.98. The van der Waals surface area contributed by atoms with Crippen LogP contribution in [0.2, 0.25) is 0 Å². The third kappa shape index (κ3) is 2.70. The van der Waals surface area contributed by atoms with Crippen molar-refractivity contribution in [2.45, 2.75) is 19.5 Å². The van der Waals surface area contributed by atoms with Crippen molar-refractivity contribution in [3.8, 4) is 11.1 Å². The lowest BCUT2D eigenvalue weighted by Gasteiger charge is -2.07. The number of aromatic nitrogens is 1. The highest BCUT2D eigenvalue weighted by molar-refractivity contribution is 5.62. The van der Waals surface area contributed by atoms with Gasteiger partial charge in [-0.3, -0.25) is 4.98 Å². The predicted octanol–water partition coefficient (Wildman–Crippen LogP) is 4.33. The number of benzene rings is 1. The van der Waals surface area contributed by atoms with E-state index >= 15 is 0 Å². The molecule has 0 N–H and O–H groups in total. The fraction of sp³-hybridized carbons (Fsp3) is 0.214. The van der Waals surface area contributed by atoms with Crippen molar-refractivity contribution in [3.05, 3.63) is 53.9 Å². The molecule has 0 unspecified atom stereocenters. The van der Waals surface area contributed by atoms with Gasteiger partial charge in [-0.05, 0) is 23.6 Å². The van der Waals surface area contributed by atoms with E-state index in [0.717, 1.165) is 18.1 Å². The average Bonchev–Trinajstić information content (AvgIpc) is 2.38. The number of pyridine rings is 1. The molecular weight excluding hydrogens is 239 g/mol. The second-order valence-corrected chi connectivity index (χ2v) is 3.98. The number of hydrogen-bond acceptors (Lipinski definition) is 1. The number of hydrogen-bond donors (Lipinski definition) is 0. The molecule has 0 radical (unpaired) electrons. The molecule has 1 heterocycles. The minimum absolute atomic E-state index is 0.686. The molecule has 2 aromatic rings. The first kappa shape index (κ1) is 12.6. The van der Waals surface area contributed by atoms with Gasteiger partial charge in [-0.25, -0.2) is 0 Å². The molecule has 1 nitrogen and oxygen atoms in total. The molecule has 94 valence electrons. The van der Waals surface area contributed by atoms with Gasteiger partial charge in [-0.1, -0.05) is 37.3 Å². The Labute approximate surface area is 103 Å². The molecule has 0 spiro atoms. The van der Waals surface area contributed by atoms with Gasteiger partial charge in [0.25, 0.3) is 0 Å². The van der Waals surface area contributed by atoms with Gasteiger partial charge in [-0.15, -0.1) is 0 Å². The zero-order valence-electron chi connectivity index (χ0n) is 9.83. The summed E-state index contributed by atoms with van der Waals surface area (Å²) >= 11 is 0. The van der Waals surface area contributed by atoms with Crippen molar-refractivity contribution in [1.29, 1.82) is 0 Å². The van der Waals surface area contributed by atoms with E-state index in [9.17, 15) is 13.2 Å². The summed E-state index contributed by atoms with van der Waals surface area (Å²) in [5, 5.41) is 0. The van der Waals surface area contributed by atoms with E-state index < -0.39 is 11.9 Å². The van der Waals surface area contributed by atoms with Crippen LogP contribution in [0.15, 0.2) is 42.6 Å². The van der Waals surface area contributed by atoms with E-state index in [1.165, 1.54) is 17.8 Å². The SMILES string of the molecule is CCc1ccc(-c2ccc(C(F)(F)F)nc2)cc1. The molecule has 0 bridgehead atoms. The Morgan fingerprint density at radius 2 is 1.56 bits per heavy atom.